The van der Waals surface area contributed by atoms with Crippen LogP contribution in [-0.4, -0.2) is 54.1 Å². The minimum atomic E-state index is -1.23. The number of nitrogens with zero attached hydrogens (tertiary/aromatic N) is 1. The van der Waals surface area contributed by atoms with Crippen LogP contribution < -0.4 is 19.6 Å². The van der Waals surface area contributed by atoms with Crippen molar-refractivity contribution in [3.63, 3.8) is 0 Å². The molecule has 3 N–H and O–H groups in total. The molecular formula is C20H17Br3N2O8. The number of rotatable bonds is 11. The molecule has 2 aromatic rings. The predicted molar refractivity (Wildman–Crippen MR) is 128 cm³/mol. The Morgan fingerprint density at radius 1 is 0.939 bits per heavy atom. The van der Waals surface area contributed by atoms with Crippen molar-refractivity contribution in [2.45, 2.75) is 6.92 Å². The van der Waals surface area contributed by atoms with E-state index in [2.05, 4.69) is 58.3 Å². The number of ether oxygens (including phenoxy) is 3. The molecule has 0 aliphatic rings. The second-order valence-electron chi connectivity index (χ2n) is 6.30. The highest BCUT2D eigenvalue weighted by Crippen LogP contribution is 2.42. The first-order chi connectivity index (χ1) is 15.6. The summed E-state index contributed by atoms with van der Waals surface area (Å²) in [5, 5.41) is 21.6. The maximum Gasteiger partial charge on any atom is 0.341 e. The van der Waals surface area contributed by atoms with E-state index >= 15 is 0 Å². The molecule has 0 fully saturated rings. The Balaban J connectivity index is 2.13. The third-order valence-electron chi connectivity index (χ3n) is 3.68. The highest BCUT2D eigenvalue weighted by Gasteiger charge is 2.19. The number of carboxylic acids is 2. The van der Waals surface area contributed by atoms with Gasteiger partial charge in [-0.15, -0.1) is 0 Å². The monoisotopic (exact) mass is 650 g/mol. The molecule has 0 saturated heterocycles. The zero-order chi connectivity index (χ0) is 24.5. The van der Waals surface area contributed by atoms with E-state index in [-0.39, 0.29) is 28.1 Å². The van der Waals surface area contributed by atoms with Crippen LogP contribution in [0.25, 0.3) is 0 Å². The van der Waals surface area contributed by atoms with Crippen LogP contribution in [-0.2, 0) is 14.4 Å². The molecule has 33 heavy (non-hydrogen) atoms. The van der Waals surface area contributed by atoms with Gasteiger partial charge in [-0.2, -0.15) is 5.10 Å². The van der Waals surface area contributed by atoms with Gasteiger partial charge in [0.1, 0.15) is 16.0 Å². The van der Waals surface area contributed by atoms with Crippen LogP contribution in [0, 0.1) is 6.92 Å². The van der Waals surface area contributed by atoms with Gasteiger partial charge in [-0.1, -0.05) is 6.07 Å². The summed E-state index contributed by atoms with van der Waals surface area (Å²) < 4.78 is 17.2. The lowest BCUT2D eigenvalue weighted by Gasteiger charge is -2.15. The smallest absolute Gasteiger partial charge is 0.341 e. The molecule has 0 aliphatic carbocycles. The quantitative estimate of drug-likeness (QED) is 0.246. The Kier molecular flexibility index (Phi) is 10.1. The number of carbonyl (C=O) groups is 3. The minimum Gasteiger partial charge on any atom is -0.483 e. The summed E-state index contributed by atoms with van der Waals surface area (Å²) in [6, 6.07) is 6.89. The number of benzene rings is 2. The third kappa shape index (κ3) is 8.33. The second kappa shape index (κ2) is 12.6. The van der Waals surface area contributed by atoms with Gasteiger partial charge < -0.3 is 24.4 Å². The standard InChI is InChI=1S/C20H17Br3N2O8/c1-10-2-3-14(12(21)4-10)31-7-15(26)25-24-6-11-5-13(22)20(33-9-17(29)30)18(23)19(11)32-8-16(27)28/h2-6H,7-9H2,1H3,(H,25,26)(H,27,28)(H,29,30). The fraction of sp³-hybridized carbons (Fsp3) is 0.200. The number of hydrogen-bond acceptors (Lipinski definition) is 7. The Hall–Kier alpha value is -2.64. The number of aliphatic carboxylic acids is 2. The molecule has 0 unspecified atom stereocenters. The van der Waals surface area contributed by atoms with Gasteiger partial charge in [0.2, 0.25) is 0 Å². The molecule has 0 aromatic heterocycles. The molecule has 2 aromatic carbocycles. The van der Waals surface area contributed by atoms with E-state index in [0.29, 0.717) is 14.7 Å². The highest BCUT2D eigenvalue weighted by atomic mass is 79.9. The fourth-order valence-corrected chi connectivity index (χ4v) is 4.42. The van der Waals surface area contributed by atoms with E-state index < -0.39 is 31.1 Å². The highest BCUT2D eigenvalue weighted by molar-refractivity contribution is 9.11. The summed E-state index contributed by atoms with van der Waals surface area (Å²) in [4.78, 5) is 33.8. The first kappa shape index (κ1) is 26.6. The zero-order valence-electron chi connectivity index (χ0n) is 16.9. The van der Waals surface area contributed by atoms with Gasteiger partial charge in [0, 0.05) is 5.56 Å². The largest absolute Gasteiger partial charge is 0.483 e. The molecule has 0 bridgehead atoms. The van der Waals surface area contributed by atoms with Crippen LogP contribution in [0.5, 0.6) is 17.2 Å². The number of carbonyl (C=O) groups excluding carboxylic acids is 1. The predicted octanol–water partition coefficient (Wildman–Crippen LogP) is 3.74. The summed E-state index contributed by atoms with van der Waals surface area (Å²) in [5.41, 5.74) is 3.60. The van der Waals surface area contributed by atoms with Crippen molar-refractivity contribution >= 4 is 71.9 Å². The Labute approximate surface area is 213 Å². The summed E-state index contributed by atoms with van der Waals surface area (Å²) in [6.45, 7) is 0.323. The SMILES string of the molecule is Cc1ccc(OCC(=O)NN=Cc2cc(Br)c(OCC(=O)O)c(Br)c2OCC(=O)O)c(Br)c1. The molecule has 1 amide bonds. The summed E-state index contributed by atoms with van der Waals surface area (Å²) in [5.74, 6) is -2.35. The molecular weight excluding hydrogens is 636 g/mol. The molecule has 0 saturated carbocycles. The molecule has 0 atom stereocenters. The van der Waals surface area contributed by atoms with Crippen molar-refractivity contribution in [1.82, 2.24) is 5.43 Å². The van der Waals surface area contributed by atoms with Crippen molar-refractivity contribution in [3.05, 3.63) is 48.8 Å². The van der Waals surface area contributed by atoms with E-state index in [1.165, 1.54) is 12.3 Å². The van der Waals surface area contributed by atoms with Crippen molar-refractivity contribution in [2.75, 3.05) is 19.8 Å². The van der Waals surface area contributed by atoms with Gasteiger partial charge in [-0.3, -0.25) is 4.79 Å². The average Bonchev–Trinajstić information content (AvgIpc) is 2.72. The van der Waals surface area contributed by atoms with E-state index in [0.717, 1.165) is 5.56 Å². The topological polar surface area (TPSA) is 144 Å². The van der Waals surface area contributed by atoms with Crippen molar-refractivity contribution in [3.8, 4) is 17.2 Å². The van der Waals surface area contributed by atoms with Crippen LogP contribution in [0.3, 0.4) is 0 Å². The van der Waals surface area contributed by atoms with Gasteiger partial charge in [0.15, 0.2) is 25.6 Å². The maximum absolute atomic E-state index is 12.1. The normalized spacial score (nSPS) is 10.7. The van der Waals surface area contributed by atoms with E-state index in [4.69, 9.17) is 24.4 Å². The maximum atomic E-state index is 12.1. The molecule has 0 heterocycles. The summed E-state index contributed by atoms with van der Waals surface area (Å²) in [6.07, 6.45) is 1.23. The van der Waals surface area contributed by atoms with Gasteiger partial charge in [0.05, 0.1) is 15.2 Å². The molecule has 13 heteroatoms. The number of halogens is 3. The number of aryl methyl sites for hydroxylation is 1. The second-order valence-corrected chi connectivity index (χ2v) is 8.80. The first-order valence-corrected chi connectivity index (χ1v) is 11.4. The fourth-order valence-electron chi connectivity index (χ4n) is 2.32. The van der Waals surface area contributed by atoms with Crippen LogP contribution in [0.1, 0.15) is 11.1 Å². The zero-order valence-corrected chi connectivity index (χ0v) is 21.7. The first-order valence-electron chi connectivity index (χ1n) is 9.00. The lowest BCUT2D eigenvalue weighted by molar-refractivity contribution is -0.140. The minimum absolute atomic E-state index is 0.0267. The van der Waals surface area contributed by atoms with Gasteiger partial charge in [0.25, 0.3) is 5.91 Å². The van der Waals surface area contributed by atoms with Crippen molar-refractivity contribution < 1.29 is 38.8 Å². The number of amides is 1. The summed E-state index contributed by atoms with van der Waals surface area (Å²) >= 11 is 9.84. The van der Waals surface area contributed by atoms with Gasteiger partial charge in [-0.05, 0) is 78.5 Å². The Bertz CT molecular complexity index is 1090. The van der Waals surface area contributed by atoms with E-state index in [1.54, 1.807) is 6.07 Å². The van der Waals surface area contributed by atoms with E-state index in [9.17, 15) is 14.4 Å². The molecule has 0 radical (unpaired) electrons. The molecule has 0 spiro atoms. The van der Waals surface area contributed by atoms with Crippen LogP contribution in [0.15, 0.2) is 42.8 Å². The molecule has 0 aliphatic heterocycles. The van der Waals surface area contributed by atoms with Gasteiger partial charge in [-0.25, -0.2) is 15.0 Å². The summed E-state index contributed by atoms with van der Waals surface area (Å²) in [7, 11) is 0. The number of hydrogen-bond donors (Lipinski definition) is 3. The van der Waals surface area contributed by atoms with Crippen molar-refractivity contribution in [1.29, 1.82) is 0 Å². The lowest BCUT2D eigenvalue weighted by Crippen LogP contribution is -2.24. The molecule has 176 valence electrons. The number of carboxylic acid groups (broad SMARTS) is 2. The Morgan fingerprint density at radius 3 is 2.18 bits per heavy atom. The van der Waals surface area contributed by atoms with Crippen molar-refractivity contribution in [2.24, 2.45) is 5.10 Å². The van der Waals surface area contributed by atoms with Gasteiger partial charge >= 0.3 is 11.9 Å². The third-order valence-corrected chi connectivity index (χ3v) is 5.61. The number of hydrazone groups is 1. The molecule has 2 rings (SSSR count). The lowest BCUT2D eigenvalue weighted by atomic mass is 10.2. The Morgan fingerprint density at radius 2 is 1.58 bits per heavy atom. The average molecular weight is 653 g/mol. The number of nitrogens with one attached hydrogen (secondary N) is 1. The van der Waals surface area contributed by atoms with Crippen LogP contribution in [0.2, 0.25) is 0 Å². The molecule has 10 nitrogen and oxygen atoms in total. The van der Waals surface area contributed by atoms with E-state index in [1.807, 2.05) is 19.1 Å². The van der Waals surface area contributed by atoms with Crippen LogP contribution in [0.4, 0.5) is 0 Å². The van der Waals surface area contributed by atoms with Crippen LogP contribution >= 0.6 is 47.8 Å².